The van der Waals surface area contributed by atoms with Gasteiger partial charge in [0, 0.05) is 29.5 Å². The summed E-state index contributed by atoms with van der Waals surface area (Å²) in [6, 6.07) is 5.58. The van der Waals surface area contributed by atoms with Crippen LogP contribution in [0.1, 0.15) is 18.5 Å². The van der Waals surface area contributed by atoms with Crippen molar-refractivity contribution in [3.8, 4) is 5.69 Å². The van der Waals surface area contributed by atoms with E-state index in [1.807, 2.05) is 22.9 Å². The number of aromatic amines is 1. The van der Waals surface area contributed by atoms with Crippen molar-refractivity contribution < 1.29 is 0 Å². The number of rotatable bonds is 4. The highest BCUT2D eigenvalue weighted by Gasteiger charge is 2.20. The number of nitrogens with zero attached hydrogens (tertiary/aromatic N) is 6. The molecule has 0 aliphatic heterocycles. The third-order valence-corrected chi connectivity index (χ3v) is 4.95. The van der Waals surface area contributed by atoms with Crippen molar-refractivity contribution in [1.29, 1.82) is 0 Å². The van der Waals surface area contributed by atoms with Crippen LogP contribution in [0.3, 0.4) is 0 Å². The molecular weight excluding hydrogens is 376 g/mol. The monoisotopic (exact) mass is 390 g/mol. The standard InChI is InChI=1S/C19H15ClN8/c1-11(27-18-16-17(24-9-23-16)25-10-26-18)13-8-28(12-3-2-5-21-7-12)19-15(13)14(20)4-6-22-19/h2-11H,1H3,(H2,23,24,25,26,27)/t11-/m0/s1. The van der Waals surface area contributed by atoms with Gasteiger partial charge in [-0.25, -0.2) is 19.9 Å². The average Bonchev–Trinajstić information content (AvgIpc) is 3.35. The summed E-state index contributed by atoms with van der Waals surface area (Å²) < 4.78 is 1.99. The average molecular weight is 391 g/mol. The van der Waals surface area contributed by atoms with Crippen LogP contribution in [0.15, 0.2) is 55.6 Å². The van der Waals surface area contributed by atoms with Crippen molar-refractivity contribution in [3.63, 3.8) is 0 Å². The fourth-order valence-corrected chi connectivity index (χ4v) is 3.57. The van der Waals surface area contributed by atoms with Gasteiger partial charge in [0.15, 0.2) is 11.5 Å². The molecule has 0 saturated heterocycles. The minimum atomic E-state index is -0.0940. The van der Waals surface area contributed by atoms with Crippen molar-refractivity contribution in [3.05, 3.63) is 66.2 Å². The van der Waals surface area contributed by atoms with Crippen LogP contribution < -0.4 is 5.32 Å². The van der Waals surface area contributed by atoms with E-state index in [9.17, 15) is 0 Å². The lowest BCUT2D eigenvalue weighted by Crippen LogP contribution is -2.08. The second kappa shape index (κ2) is 6.58. The number of H-pyrrole nitrogens is 1. The van der Waals surface area contributed by atoms with Gasteiger partial charge in [0.25, 0.3) is 0 Å². The van der Waals surface area contributed by atoms with Gasteiger partial charge in [-0.3, -0.25) is 9.55 Å². The molecule has 138 valence electrons. The van der Waals surface area contributed by atoms with Gasteiger partial charge in [0.1, 0.15) is 17.5 Å². The lowest BCUT2D eigenvalue weighted by molar-refractivity contribution is 0.877. The Hall–Kier alpha value is -3.52. The molecule has 0 amide bonds. The molecule has 5 rings (SSSR count). The van der Waals surface area contributed by atoms with Gasteiger partial charge in [-0.1, -0.05) is 11.6 Å². The molecule has 0 aliphatic rings. The first-order chi connectivity index (χ1) is 13.7. The molecule has 9 heteroatoms. The van der Waals surface area contributed by atoms with E-state index in [0.29, 0.717) is 16.5 Å². The van der Waals surface area contributed by atoms with E-state index in [1.54, 1.807) is 31.0 Å². The molecule has 1 atom stereocenters. The number of nitrogens with one attached hydrogen (secondary N) is 2. The van der Waals surface area contributed by atoms with Gasteiger partial charge in [-0.15, -0.1) is 0 Å². The molecule has 5 aromatic heterocycles. The van der Waals surface area contributed by atoms with E-state index in [2.05, 4.69) is 42.1 Å². The first-order valence-corrected chi connectivity index (χ1v) is 9.06. The van der Waals surface area contributed by atoms with Gasteiger partial charge < -0.3 is 10.3 Å². The Morgan fingerprint density at radius 1 is 1.14 bits per heavy atom. The molecule has 5 heterocycles. The van der Waals surface area contributed by atoms with Crippen molar-refractivity contribution in [2.75, 3.05) is 5.32 Å². The summed E-state index contributed by atoms with van der Waals surface area (Å²) in [5, 5.41) is 4.97. The topological polar surface area (TPSA) is 97.2 Å². The zero-order valence-electron chi connectivity index (χ0n) is 14.8. The Bertz CT molecular complexity index is 1280. The molecule has 5 aromatic rings. The Labute approximate surface area is 164 Å². The van der Waals surface area contributed by atoms with Crippen LogP contribution >= 0.6 is 11.6 Å². The summed E-state index contributed by atoms with van der Waals surface area (Å²) in [4.78, 5) is 24.5. The Morgan fingerprint density at radius 3 is 2.93 bits per heavy atom. The highest BCUT2D eigenvalue weighted by molar-refractivity contribution is 6.35. The van der Waals surface area contributed by atoms with Crippen LogP contribution in [0.2, 0.25) is 5.02 Å². The van der Waals surface area contributed by atoms with Crippen LogP contribution in [0.4, 0.5) is 5.82 Å². The SMILES string of the molecule is C[C@H](Nc1ncnc2nc[nH]c12)c1cn(-c2cccnc2)c2nccc(Cl)c12. The van der Waals surface area contributed by atoms with E-state index in [0.717, 1.165) is 27.8 Å². The molecular formula is C19H15ClN8. The maximum absolute atomic E-state index is 6.55. The molecule has 0 radical (unpaired) electrons. The molecule has 8 nitrogen and oxygen atoms in total. The lowest BCUT2D eigenvalue weighted by atomic mass is 10.1. The maximum Gasteiger partial charge on any atom is 0.182 e. The van der Waals surface area contributed by atoms with Gasteiger partial charge in [-0.05, 0) is 25.1 Å². The minimum absolute atomic E-state index is 0.0940. The number of aromatic nitrogens is 7. The number of fused-ring (bicyclic) bond motifs is 2. The molecule has 0 saturated carbocycles. The zero-order chi connectivity index (χ0) is 19.1. The van der Waals surface area contributed by atoms with Gasteiger partial charge >= 0.3 is 0 Å². The van der Waals surface area contributed by atoms with Crippen LogP contribution in [-0.2, 0) is 0 Å². The molecule has 2 N–H and O–H groups in total. The largest absolute Gasteiger partial charge is 0.362 e. The summed E-state index contributed by atoms with van der Waals surface area (Å²) in [7, 11) is 0. The quantitative estimate of drug-likeness (QED) is 0.482. The van der Waals surface area contributed by atoms with Crippen molar-refractivity contribution in [1.82, 2.24) is 34.5 Å². The predicted octanol–water partition coefficient (Wildman–Crippen LogP) is 3.91. The first-order valence-electron chi connectivity index (χ1n) is 8.69. The first kappa shape index (κ1) is 16.6. The molecule has 28 heavy (non-hydrogen) atoms. The third-order valence-electron chi connectivity index (χ3n) is 4.63. The van der Waals surface area contributed by atoms with Crippen molar-refractivity contribution in [2.24, 2.45) is 0 Å². The van der Waals surface area contributed by atoms with Crippen LogP contribution in [0.5, 0.6) is 0 Å². The molecule has 0 aliphatic carbocycles. The lowest BCUT2D eigenvalue weighted by Gasteiger charge is -2.14. The Kier molecular flexibility index (Phi) is 3.91. The third kappa shape index (κ3) is 2.66. The second-order valence-electron chi connectivity index (χ2n) is 6.35. The van der Waals surface area contributed by atoms with E-state index in [-0.39, 0.29) is 6.04 Å². The molecule has 0 fully saturated rings. The summed E-state index contributed by atoms with van der Waals surface area (Å²) >= 11 is 6.55. The number of hydrogen-bond donors (Lipinski definition) is 2. The highest BCUT2D eigenvalue weighted by Crippen LogP contribution is 2.34. The van der Waals surface area contributed by atoms with E-state index in [4.69, 9.17) is 11.6 Å². The van der Waals surface area contributed by atoms with Crippen molar-refractivity contribution in [2.45, 2.75) is 13.0 Å². The summed E-state index contributed by atoms with van der Waals surface area (Å²) in [5.41, 5.74) is 4.07. The fraction of sp³-hybridized carbons (Fsp3) is 0.105. The molecule has 0 bridgehead atoms. The van der Waals surface area contributed by atoms with Gasteiger partial charge in [0.2, 0.25) is 0 Å². The van der Waals surface area contributed by atoms with Crippen molar-refractivity contribution >= 4 is 39.6 Å². The van der Waals surface area contributed by atoms with E-state index >= 15 is 0 Å². The van der Waals surface area contributed by atoms with Crippen LogP contribution in [0, 0.1) is 0 Å². The fourth-order valence-electron chi connectivity index (χ4n) is 3.32. The van der Waals surface area contributed by atoms with Gasteiger partial charge in [-0.2, -0.15) is 0 Å². The van der Waals surface area contributed by atoms with Crippen LogP contribution in [-0.4, -0.2) is 34.5 Å². The number of hydrogen-bond acceptors (Lipinski definition) is 6. The van der Waals surface area contributed by atoms with E-state index in [1.165, 1.54) is 6.33 Å². The molecule has 0 spiro atoms. The minimum Gasteiger partial charge on any atom is -0.362 e. The normalized spacial score (nSPS) is 12.5. The predicted molar refractivity (Wildman–Crippen MR) is 108 cm³/mol. The molecule has 0 aromatic carbocycles. The Balaban J connectivity index is 1.63. The number of anilines is 1. The smallest absolute Gasteiger partial charge is 0.182 e. The van der Waals surface area contributed by atoms with Crippen LogP contribution in [0.25, 0.3) is 27.9 Å². The number of pyridine rings is 2. The Morgan fingerprint density at radius 2 is 2.07 bits per heavy atom. The maximum atomic E-state index is 6.55. The highest BCUT2D eigenvalue weighted by atomic mass is 35.5. The number of imidazole rings is 1. The zero-order valence-corrected chi connectivity index (χ0v) is 15.6. The molecule has 0 unspecified atom stereocenters. The summed E-state index contributed by atoms with van der Waals surface area (Å²) in [6.45, 7) is 2.05. The summed E-state index contributed by atoms with van der Waals surface area (Å²) in [6.07, 6.45) is 10.4. The summed E-state index contributed by atoms with van der Waals surface area (Å²) in [5.74, 6) is 0.678. The second-order valence-corrected chi connectivity index (χ2v) is 6.75. The number of halogens is 1. The van der Waals surface area contributed by atoms with Gasteiger partial charge in [0.05, 0.1) is 29.3 Å². The van der Waals surface area contributed by atoms with E-state index < -0.39 is 0 Å².